The van der Waals surface area contributed by atoms with Gasteiger partial charge >= 0.3 is 0 Å². The van der Waals surface area contributed by atoms with Gasteiger partial charge in [-0.1, -0.05) is 27.2 Å². The highest BCUT2D eigenvalue weighted by atomic mass is 15.2. The summed E-state index contributed by atoms with van der Waals surface area (Å²) in [5.41, 5.74) is 0.460. The summed E-state index contributed by atoms with van der Waals surface area (Å²) < 4.78 is 0. The van der Waals surface area contributed by atoms with Gasteiger partial charge < -0.3 is 15.1 Å². The minimum atomic E-state index is 0.460. The van der Waals surface area contributed by atoms with Gasteiger partial charge in [0.25, 0.3) is 0 Å². The van der Waals surface area contributed by atoms with Crippen LogP contribution in [0.3, 0.4) is 0 Å². The van der Waals surface area contributed by atoms with E-state index in [0.717, 1.165) is 12.5 Å². The number of rotatable bonds is 4. The molecule has 1 saturated carbocycles. The minimum Gasteiger partial charge on any atom is -0.313 e. The Hall–Kier alpha value is -0.120. The molecule has 0 aromatic rings. The highest BCUT2D eigenvalue weighted by Gasteiger charge is 2.38. The molecular weight excluding hydrogens is 246 g/mol. The zero-order chi connectivity index (χ0) is 14.6. The van der Waals surface area contributed by atoms with Crippen LogP contribution in [-0.4, -0.2) is 62.2 Å². The van der Waals surface area contributed by atoms with Crippen LogP contribution in [0.5, 0.6) is 0 Å². The number of nitrogens with one attached hydrogen (secondary N) is 1. The SMILES string of the molecule is CCNC1C(CN2CCCN(C)CC2)CCCC1(C)C. The third-order valence-electron chi connectivity index (χ3n) is 5.44. The molecule has 3 nitrogen and oxygen atoms in total. The Morgan fingerprint density at radius 2 is 1.90 bits per heavy atom. The van der Waals surface area contributed by atoms with Crippen molar-refractivity contribution >= 4 is 0 Å². The average molecular weight is 281 g/mol. The molecule has 0 aromatic heterocycles. The molecule has 0 radical (unpaired) electrons. The van der Waals surface area contributed by atoms with Gasteiger partial charge in [0.15, 0.2) is 0 Å². The van der Waals surface area contributed by atoms with Gasteiger partial charge in [0.2, 0.25) is 0 Å². The van der Waals surface area contributed by atoms with Gasteiger partial charge in [-0.25, -0.2) is 0 Å². The third kappa shape index (κ3) is 4.19. The first-order valence-corrected chi connectivity index (χ1v) is 8.67. The van der Waals surface area contributed by atoms with Gasteiger partial charge in [-0.15, -0.1) is 0 Å². The molecule has 0 spiro atoms. The van der Waals surface area contributed by atoms with E-state index in [2.05, 4.69) is 42.9 Å². The number of nitrogens with zero attached hydrogens (tertiary/aromatic N) is 2. The normalized spacial score (nSPS) is 33.0. The van der Waals surface area contributed by atoms with Crippen molar-refractivity contribution < 1.29 is 0 Å². The fourth-order valence-corrected chi connectivity index (χ4v) is 4.25. The Balaban J connectivity index is 1.95. The van der Waals surface area contributed by atoms with Crippen LogP contribution in [-0.2, 0) is 0 Å². The summed E-state index contributed by atoms with van der Waals surface area (Å²) >= 11 is 0. The van der Waals surface area contributed by atoms with Crippen LogP contribution in [0.15, 0.2) is 0 Å². The fourth-order valence-electron chi connectivity index (χ4n) is 4.25. The van der Waals surface area contributed by atoms with Crippen molar-refractivity contribution in [3.8, 4) is 0 Å². The third-order valence-corrected chi connectivity index (χ3v) is 5.44. The molecule has 1 aliphatic heterocycles. The number of hydrogen-bond acceptors (Lipinski definition) is 3. The van der Waals surface area contributed by atoms with E-state index < -0.39 is 0 Å². The van der Waals surface area contributed by atoms with Crippen molar-refractivity contribution in [3.05, 3.63) is 0 Å². The fraction of sp³-hybridized carbons (Fsp3) is 1.00. The first-order valence-electron chi connectivity index (χ1n) is 8.67. The van der Waals surface area contributed by atoms with E-state index in [1.807, 2.05) is 0 Å². The van der Waals surface area contributed by atoms with Crippen LogP contribution >= 0.6 is 0 Å². The van der Waals surface area contributed by atoms with E-state index in [4.69, 9.17) is 0 Å². The van der Waals surface area contributed by atoms with Crippen LogP contribution < -0.4 is 5.32 Å². The van der Waals surface area contributed by atoms with Gasteiger partial charge in [0.1, 0.15) is 0 Å². The summed E-state index contributed by atoms with van der Waals surface area (Å²) in [5, 5.41) is 3.80. The van der Waals surface area contributed by atoms with Crippen molar-refractivity contribution in [2.24, 2.45) is 11.3 Å². The molecule has 1 N–H and O–H groups in total. The molecule has 0 aromatic carbocycles. The van der Waals surface area contributed by atoms with Crippen LogP contribution in [0, 0.1) is 11.3 Å². The molecule has 2 fully saturated rings. The van der Waals surface area contributed by atoms with E-state index in [0.29, 0.717) is 11.5 Å². The highest BCUT2D eigenvalue weighted by Crippen LogP contribution is 2.39. The molecule has 1 heterocycles. The van der Waals surface area contributed by atoms with E-state index in [1.165, 1.54) is 58.4 Å². The second-order valence-corrected chi connectivity index (χ2v) is 7.63. The lowest BCUT2D eigenvalue weighted by Gasteiger charge is -2.46. The minimum absolute atomic E-state index is 0.460. The lowest BCUT2D eigenvalue weighted by atomic mass is 9.67. The first-order chi connectivity index (χ1) is 9.53. The summed E-state index contributed by atoms with van der Waals surface area (Å²) in [7, 11) is 2.26. The van der Waals surface area contributed by atoms with Crippen LogP contribution in [0.2, 0.25) is 0 Å². The topological polar surface area (TPSA) is 18.5 Å². The van der Waals surface area contributed by atoms with E-state index >= 15 is 0 Å². The molecule has 1 saturated heterocycles. The van der Waals surface area contributed by atoms with Crippen LogP contribution in [0.1, 0.15) is 46.5 Å². The van der Waals surface area contributed by atoms with Crippen molar-refractivity contribution in [2.45, 2.75) is 52.5 Å². The highest BCUT2D eigenvalue weighted by molar-refractivity contribution is 4.94. The molecule has 0 amide bonds. The molecule has 20 heavy (non-hydrogen) atoms. The van der Waals surface area contributed by atoms with Crippen molar-refractivity contribution in [3.63, 3.8) is 0 Å². The quantitative estimate of drug-likeness (QED) is 0.854. The number of likely N-dealkylation sites (N-methyl/N-ethyl adjacent to an activating group) is 1. The molecular formula is C17H35N3. The Morgan fingerprint density at radius 1 is 1.10 bits per heavy atom. The van der Waals surface area contributed by atoms with Gasteiger partial charge in [-0.05, 0) is 57.3 Å². The lowest BCUT2D eigenvalue weighted by molar-refractivity contribution is 0.0808. The molecule has 3 heteroatoms. The molecule has 2 aliphatic rings. The molecule has 2 unspecified atom stereocenters. The standard InChI is InChI=1S/C17H35N3/c1-5-18-16-15(8-6-9-17(16,2)3)14-20-11-7-10-19(4)12-13-20/h15-16,18H,5-14H2,1-4H3. The van der Waals surface area contributed by atoms with E-state index in [9.17, 15) is 0 Å². The molecule has 1 aliphatic carbocycles. The van der Waals surface area contributed by atoms with Crippen LogP contribution in [0.4, 0.5) is 0 Å². The maximum absolute atomic E-state index is 3.80. The maximum Gasteiger partial charge on any atom is 0.0159 e. The summed E-state index contributed by atoms with van der Waals surface area (Å²) in [6, 6.07) is 0.697. The van der Waals surface area contributed by atoms with Gasteiger partial charge in [-0.2, -0.15) is 0 Å². The monoisotopic (exact) mass is 281 g/mol. The molecule has 2 atom stereocenters. The summed E-state index contributed by atoms with van der Waals surface area (Å²) in [5.74, 6) is 0.835. The molecule has 118 valence electrons. The Morgan fingerprint density at radius 3 is 2.65 bits per heavy atom. The zero-order valence-electron chi connectivity index (χ0n) is 14.1. The van der Waals surface area contributed by atoms with Crippen molar-refractivity contribution in [1.29, 1.82) is 0 Å². The smallest absolute Gasteiger partial charge is 0.0159 e. The summed E-state index contributed by atoms with van der Waals surface area (Å²) in [6.45, 7) is 14.6. The second-order valence-electron chi connectivity index (χ2n) is 7.63. The average Bonchev–Trinajstić information content (AvgIpc) is 2.58. The lowest BCUT2D eigenvalue weighted by Crippen LogP contribution is -2.53. The van der Waals surface area contributed by atoms with Crippen molar-refractivity contribution in [1.82, 2.24) is 15.1 Å². The molecule has 0 bridgehead atoms. The predicted molar refractivity (Wildman–Crippen MR) is 87.1 cm³/mol. The van der Waals surface area contributed by atoms with E-state index in [-0.39, 0.29) is 0 Å². The largest absolute Gasteiger partial charge is 0.313 e. The number of hydrogen-bond donors (Lipinski definition) is 1. The summed E-state index contributed by atoms with van der Waals surface area (Å²) in [6.07, 6.45) is 5.53. The second kappa shape index (κ2) is 7.24. The molecule has 2 rings (SSSR count). The first kappa shape index (κ1) is 16.3. The summed E-state index contributed by atoms with van der Waals surface area (Å²) in [4.78, 5) is 5.20. The van der Waals surface area contributed by atoms with Crippen molar-refractivity contribution in [2.75, 3.05) is 46.3 Å². The zero-order valence-corrected chi connectivity index (χ0v) is 14.1. The Labute approximate surface area is 126 Å². The van der Waals surface area contributed by atoms with Gasteiger partial charge in [0, 0.05) is 25.7 Å². The maximum atomic E-state index is 3.80. The van der Waals surface area contributed by atoms with Gasteiger partial charge in [0.05, 0.1) is 0 Å². The van der Waals surface area contributed by atoms with E-state index in [1.54, 1.807) is 0 Å². The Bertz CT molecular complexity index is 290. The predicted octanol–water partition coefficient (Wildman–Crippen LogP) is 2.43. The van der Waals surface area contributed by atoms with Gasteiger partial charge in [-0.3, -0.25) is 0 Å². The van der Waals surface area contributed by atoms with Crippen LogP contribution in [0.25, 0.3) is 0 Å². The Kier molecular flexibility index (Phi) is 5.88.